The first-order valence-electron chi connectivity index (χ1n) is 6.83. The van der Waals surface area contributed by atoms with Gasteiger partial charge >= 0.3 is 5.97 Å². The van der Waals surface area contributed by atoms with Gasteiger partial charge in [-0.25, -0.2) is 18.0 Å². The second-order valence-corrected chi connectivity index (χ2v) is 6.20. The maximum atomic E-state index is 14.7. The summed E-state index contributed by atoms with van der Waals surface area (Å²) in [4.78, 5) is 11.3. The molecule has 0 spiro atoms. The van der Waals surface area contributed by atoms with E-state index in [2.05, 4.69) is 0 Å². The van der Waals surface area contributed by atoms with E-state index < -0.39 is 29.0 Å². The smallest absolute Gasteiger partial charge is 0.346 e. The number of aromatic carboxylic acids is 1. The van der Waals surface area contributed by atoms with Gasteiger partial charge < -0.3 is 9.84 Å². The Morgan fingerprint density at radius 2 is 1.83 bits per heavy atom. The second-order valence-electron chi connectivity index (χ2n) is 5.15. The van der Waals surface area contributed by atoms with Gasteiger partial charge in [0.2, 0.25) is 0 Å². The number of thiophene rings is 1. The zero-order valence-electron chi connectivity index (χ0n) is 12.6. The molecule has 124 valence electrons. The first-order chi connectivity index (χ1) is 11.3. The maximum Gasteiger partial charge on any atom is 0.346 e. The topological polar surface area (TPSA) is 46.5 Å². The normalized spacial score (nSPS) is 11.0. The number of hydrogen-bond acceptors (Lipinski definition) is 3. The van der Waals surface area contributed by atoms with E-state index in [0.29, 0.717) is 4.70 Å². The average Bonchev–Trinajstić information content (AvgIpc) is 2.90. The van der Waals surface area contributed by atoms with Crippen LogP contribution in [0.4, 0.5) is 13.2 Å². The van der Waals surface area contributed by atoms with Crippen LogP contribution in [0.15, 0.2) is 24.3 Å². The quantitative estimate of drug-likeness (QED) is 0.721. The van der Waals surface area contributed by atoms with Gasteiger partial charge in [0.15, 0.2) is 11.6 Å². The van der Waals surface area contributed by atoms with Crippen molar-refractivity contribution in [3.63, 3.8) is 0 Å². The summed E-state index contributed by atoms with van der Waals surface area (Å²) in [6, 6.07) is 4.77. The molecule has 0 bridgehead atoms. The van der Waals surface area contributed by atoms with Gasteiger partial charge in [0, 0.05) is 15.6 Å². The summed E-state index contributed by atoms with van der Waals surface area (Å²) in [5, 5.41) is 9.68. The van der Waals surface area contributed by atoms with Crippen LogP contribution in [0.2, 0.25) is 0 Å². The van der Waals surface area contributed by atoms with Crippen LogP contribution in [0.25, 0.3) is 21.2 Å². The van der Waals surface area contributed by atoms with Crippen LogP contribution in [0, 0.1) is 24.4 Å². The molecule has 1 aromatic heterocycles. The lowest BCUT2D eigenvalue weighted by Gasteiger charge is -2.12. The van der Waals surface area contributed by atoms with Crippen molar-refractivity contribution in [1.82, 2.24) is 0 Å². The van der Waals surface area contributed by atoms with Gasteiger partial charge in [0.05, 0.1) is 12.7 Å². The Hall–Kier alpha value is -2.54. The van der Waals surface area contributed by atoms with Crippen molar-refractivity contribution in [2.75, 3.05) is 7.11 Å². The molecule has 7 heteroatoms. The predicted octanol–water partition coefficient (Wildman–Crippen LogP) is 5.00. The predicted molar refractivity (Wildman–Crippen MR) is 85.4 cm³/mol. The Morgan fingerprint density at radius 3 is 2.46 bits per heavy atom. The number of carbonyl (C=O) groups is 1. The lowest BCUT2D eigenvalue weighted by molar-refractivity contribution is 0.0703. The van der Waals surface area contributed by atoms with Crippen LogP contribution in [0.3, 0.4) is 0 Å². The van der Waals surface area contributed by atoms with Crippen molar-refractivity contribution in [1.29, 1.82) is 0 Å². The minimum absolute atomic E-state index is 0.112. The molecule has 1 N–H and O–H groups in total. The fourth-order valence-corrected chi connectivity index (χ4v) is 3.65. The van der Waals surface area contributed by atoms with Gasteiger partial charge in [-0.2, -0.15) is 0 Å². The average molecular weight is 352 g/mol. The van der Waals surface area contributed by atoms with Crippen molar-refractivity contribution >= 4 is 27.4 Å². The molecule has 0 aliphatic heterocycles. The van der Waals surface area contributed by atoms with Gasteiger partial charge in [0.25, 0.3) is 0 Å². The fourth-order valence-electron chi connectivity index (χ4n) is 2.58. The van der Waals surface area contributed by atoms with E-state index in [1.165, 1.54) is 26.2 Å². The number of carboxylic acid groups (broad SMARTS) is 1. The number of fused-ring (bicyclic) bond motifs is 1. The molecule has 0 aliphatic carbocycles. The zero-order chi connectivity index (χ0) is 17.6. The highest BCUT2D eigenvalue weighted by molar-refractivity contribution is 7.21. The molecule has 0 saturated carbocycles. The van der Waals surface area contributed by atoms with Gasteiger partial charge in [0.1, 0.15) is 16.5 Å². The molecule has 24 heavy (non-hydrogen) atoms. The largest absolute Gasteiger partial charge is 0.494 e. The van der Waals surface area contributed by atoms with Crippen molar-refractivity contribution < 1.29 is 27.8 Å². The molecule has 0 aliphatic rings. The Balaban J connectivity index is 2.48. The monoisotopic (exact) mass is 352 g/mol. The molecule has 0 atom stereocenters. The minimum atomic E-state index is -1.34. The second kappa shape index (κ2) is 5.83. The Kier molecular flexibility index (Phi) is 3.96. The van der Waals surface area contributed by atoms with Crippen LogP contribution in [-0.2, 0) is 0 Å². The molecule has 3 aromatic rings. The van der Waals surface area contributed by atoms with E-state index in [-0.39, 0.29) is 27.1 Å². The fraction of sp³-hybridized carbons (Fsp3) is 0.118. The Labute approximate surface area is 138 Å². The number of carboxylic acids is 1. The van der Waals surface area contributed by atoms with Crippen LogP contribution < -0.4 is 4.74 Å². The number of benzene rings is 2. The highest BCUT2D eigenvalue weighted by Crippen LogP contribution is 2.43. The SMILES string of the molecule is COc1cc(C)c(F)c(-c2c(C(=O)O)sc3cc(F)ccc23)c1F. The summed E-state index contributed by atoms with van der Waals surface area (Å²) in [7, 11) is 1.23. The maximum absolute atomic E-state index is 14.7. The summed E-state index contributed by atoms with van der Waals surface area (Å²) in [5.74, 6) is -3.96. The van der Waals surface area contributed by atoms with Crippen molar-refractivity contribution in [2.45, 2.75) is 6.92 Å². The summed E-state index contributed by atoms with van der Waals surface area (Å²) in [6.07, 6.45) is 0. The first kappa shape index (κ1) is 16.3. The Bertz CT molecular complexity index is 979. The van der Waals surface area contributed by atoms with Crippen LogP contribution >= 0.6 is 11.3 Å². The summed E-state index contributed by atoms with van der Waals surface area (Å²) in [6.45, 7) is 1.43. The molecule has 0 radical (unpaired) electrons. The molecule has 0 unspecified atom stereocenters. The zero-order valence-corrected chi connectivity index (χ0v) is 13.4. The highest BCUT2D eigenvalue weighted by atomic mass is 32.1. The molecular formula is C17H11F3O3S. The van der Waals surface area contributed by atoms with E-state index >= 15 is 0 Å². The molecule has 0 amide bonds. The van der Waals surface area contributed by atoms with Crippen molar-refractivity contribution in [2.24, 2.45) is 0 Å². The van der Waals surface area contributed by atoms with Gasteiger partial charge in [-0.1, -0.05) is 0 Å². The number of ether oxygens (including phenoxy) is 1. The molecule has 0 saturated heterocycles. The lowest BCUT2D eigenvalue weighted by Crippen LogP contribution is -2.02. The highest BCUT2D eigenvalue weighted by Gasteiger charge is 2.27. The van der Waals surface area contributed by atoms with E-state index in [4.69, 9.17) is 4.74 Å². The van der Waals surface area contributed by atoms with Crippen LogP contribution in [0.1, 0.15) is 15.2 Å². The molecule has 3 rings (SSSR count). The molecule has 0 fully saturated rings. The van der Waals surface area contributed by atoms with E-state index in [1.54, 1.807) is 0 Å². The third-order valence-corrected chi connectivity index (χ3v) is 4.81. The number of halogens is 3. The van der Waals surface area contributed by atoms with Crippen molar-refractivity contribution in [3.8, 4) is 16.9 Å². The standard InChI is InChI=1S/C17H11F3O3S/c1-7-5-10(23-2)15(20)13(14(7)19)12-9-4-3-8(18)6-11(9)24-16(12)17(21)22/h3-6H,1-2H3,(H,21,22). The van der Waals surface area contributed by atoms with Crippen LogP contribution in [0.5, 0.6) is 5.75 Å². The molecule has 3 nitrogen and oxygen atoms in total. The van der Waals surface area contributed by atoms with Gasteiger partial charge in [-0.15, -0.1) is 11.3 Å². The van der Waals surface area contributed by atoms with Crippen molar-refractivity contribution in [3.05, 3.63) is 52.2 Å². The van der Waals surface area contributed by atoms with Crippen LogP contribution in [-0.4, -0.2) is 18.2 Å². The number of aryl methyl sites for hydroxylation is 1. The molecular weight excluding hydrogens is 341 g/mol. The van der Waals surface area contributed by atoms with Gasteiger partial charge in [-0.05, 0) is 36.8 Å². The van der Waals surface area contributed by atoms with Gasteiger partial charge in [-0.3, -0.25) is 0 Å². The molecule has 2 aromatic carbocycles. The van der Waals surface area contributed by atoms with E-state index in [0.717, 1.165) is 23.5 Å². The van der Waals surface area contributed by atoms with E-state index in [1.807, 2.05) is 0 Å². The number of hydrogen-bond donors (Lipinski definition) is 1. The minimum Gasteiger partial charge on any atom is -0.494 e. The number of rotatable bonds is 3. The summed E-state index contributed by atoms with van der Waals surface area (Å²) < 4.78 is 47.9. The summed E-state index contributed by atoms with van der Waals surface area (Å²) >= 11 is 0.764. The number of methoxy groups -OCH3 is 1. The third kappa shape index (κ3) is 2.41. The lowest BCUT2D eigenvalue weighted by atomic mass is 9.98. The summed E-state index contributed by atoms with van der Waals surface area (Å²) in [5.41, 5.74) is -0.484. The third-order valence-electron chi connectivity index (χ3n) is 3.67. The Morgan fingerprint density at radius 1 is 1.12 bits per heavy atom. The molecule has 1 heterocycles. The first-order valence-corrected chi connectivity index (χ1v) is 7.65. The van der Waals surface area contributed by atoms with E-state index in [9.17, 15) is 23.1 Å².